The Balaban J connectivity index is 2.89. The van der Waals surface area contributed by atoms with Gasteiger partial charge in [0, 0.05) is 6.54 Å². The highest BCUT2D eigenvalue weighted by Crippen LogP contribution is 2.23. The zero-order valence-electron chi connectivity index (χ0n) is 6.09. The lowest BCUT2D eigenvalue weighted by atomic mass is 10.5. The predicted molar refractivity (Wildman–Crippen MR) is 45.4 cm³/mol. The molecule has 0 amide bonds. The Hall–Kier alpha value is -1.28. The van der Waals surface area contributed by atoms with Gasteiger partial charge in [-0.1, -0.05) is 11.3 Å². The van der Waals surface area contributed by atoms with E-state index in [0.29, 0.717) is 15.8 Å². The van der Waals surface area contributed by atoms with Crippen molar-refractivity contribution in [2.75, 3.05) is 17.6 Å². The van der Waals surface area contributed by atoms with E-state index in [-0.39, 0.29) is 0 Å². The van der Waals surface area contributed by atoms with Gasteiger partial charge in [-0.05, 0) is 6.92 Å². The zero-order chi connectivity index (χ0) is 8.27. The van der Waals surface area contributed by atoms with Gasteiger partial charge >= 0.3 is 0 Å². The van der Waals surface area contributed by atoms with Gasteiger partial charge in [-0.3, -0.25) is 0 Å². The first-order chi connectivity index (χ1) is 5.27. The molecule has 0 atom stereocenters. The number of nitrogen functional groups attached to an aromatic ring is 1. The fourth-order valence-electron chi connectivity index (χ4n) is 0.639. The summed E-state index contributed by atoms with van der Waals surface area (Å²) in [4.78, 5) is 4.41. The van der Waals surface area contributed by atoms with Crippen LogP contribution in [-0.2, 0) is 0 Å². The summed E-state index contributed by atoms with van der Waals surface area (Å²) in [5.41, 5.74) is 5.42. The molecule has 58 valence electrons. The fourth-order valence-corrected chi connectivity index (χ4v) is 1.39. The number of hydrogen-bond donors (Lipinski definition) is 2. The Morgan fingerprint density at radius 2 is 2.55 bits per heavy atom. The molecule has 0 saturated heterocycles. The van der Waals surface area contributed by atoms with E-state index in [4.69, 9.17) is 11.0 Å². The molecule has 4 nitrogen and oxygen atoms in total. The van der Waals surface area contributed by atoms with Crippen LogP contribution in [0.15, 0.2) is 0 Å². The van der Waals surface area contributed by atoms with Gasteiger partial charge in [0.1, 0.15) is 10.9 Å². The molecule has 0 bridgehead atoms. The van der Waals surface area contributed by atoms with E-state index in [1.54, 1.807) is 0 Å². The van der Waals surface area contributed by atoms with E-state index in [9.17, 15) is 0 Å². The second kappa shape index (κ2) is 3.21. The third-order valence-electron chi connectivity index (χ3n) is 1.08. The Kier molecular flexibility index (Phi) is 2.28. The Morgan fingerprint density at radius 3 is 3.00 bits per heavy atom. The Morgan fingerprint density at radius 1 is 1.82 bits per heavy atom. The summed E-state index contributed by atoms with van der Waals surface area (Å²) in [5, 5.41) is 12.2. The van der Waals surface area contributed by atoms with E-state index in [1.165, 1.54) is 11.3 Å². The highest BCUT2D eigenvalue weighted by Gasteiger charge is 2.05. The quantitative estimate of drug-likeness (QED) is 0.691. The van der Waals surface area contributed by atoms with Crippen LogP contribution in [-0.4, -0.2) is 11.5 Å². The molecule has 1 aromatic heterocycles. The number of thiazole rings is 1. The molecule has 1 heterocycles. The van der Waals surface area contributed by atoms with Crippen molar-refractivity contribution >= 4 is 22.3 Å². The molecule has 0 spiro atoms. The molecule has 0 fully saturated rings. The molecule has 1 aromatic rings. The third kappa shape index (κ3) is 1.59. The lowest BCUT2D eigenvalue weighted by molar-refractivity contribution is 1.19. The van der Waals surface area contributed by atoms with Crippen LogP contribution in [0.1, 0.15) is 11.8 Å². The van der Waals surface area contributed by atoms with Crippen molar-refractivity contribution in [3.63, 3.8) is 0 Å². The minimum absolute atomic E-state index is 0.313. The minimum Gasteiger partial charge on any atom is -0.382 e. The average molecular weight is 168 g/mol. The summed E-state index contributed by atoms with van der Waals surface area (Å²) in [7, 11) is 0. The van der Waals surface area contributed by atoms with Crippen molar-refractivity contribution in [1.29, 1.82) is 5.26 Å². The zero-order valence-corrected chi connectivity index (χ0v) is 6.90. The van der Waals surface area contributed by atoms with Gasteiger partial charge in [-0.2, -0.15) is 5.26 Å². The summed E-state index contributed by atoms with van der Waals surface area (Å²) >= 11 is 1.28. The van der Waals surface area contributed by atoms with Crippen LogP contribution in [0.25, 0.3) is 0 Å². The normalized spacial score (nSPS) is 9.09. The summed E-state index contributed by atoms with van der Waals surface area (Å²) in [6, 6.07) is 1.97. The van der Waals surface area contributed by atoms with E-state index < -0.39 is 0 Å². The summed E-state index contributed by atoms with van der Waals surface area (Å²) in [5.74, 6) is 0.313. The third-order valence-corrected chi connectivity index (χ3v) is 2.02. The van der Waals surface area contributed by atoms with E-state index in [2.05, 4.69) is 10.3 Å². The van der Waals surface area contributed by atoms with Crippen LogP contribution in [0.4, 0.5) is 10.9 Å². The monoisotopic (exact) mass is 168 g/mol. The lowest BCUT2D eigenvalue weighted by Gasteiger charge is -1.91. The standard InChI is InChI=1S/C6H8N4S/c1-2-9-6-10-5(8)4(3-7)11-6/h2,8H2,1H3,(H,9,10). The number of aromatic nitrogens is 1. The molecule has 11 heavy (non-hydrogen) atoms. The summed E-state index contributed by atoms with van der Waals surface area (Å²) in [6.45, 7) is 2.75. The summed E-state index contributed by atoms with van der Waals surface area (Å²) in [6.07, 6.45) is 0. The maximum atomic E-state index is 8.51. The number of nitriles is 1. The minimum atomic E-state index is 0.313. The number of anilines is 2. The molecule has 0 aromatic carbocycles. The van der Waals surface area contributed by atoms with Gasteiger partial charge in [0.05, 0.1) is 0 Å². The first-order valence-corrected chi connectivity index (χ1v) is 3.99. The smallest absolute Gasteiger partial charge is 0.186 e. The Labute approximate surface area is 68.7 Å². The van der Waals surface area contributed by atoms with Crippen molar-refractivity contribution in [3.8, 4) is 6.07 Å². The van der Waals surface area contributed by atoms with E-state index in [0.717, 1.165) is 6.54 Å². The number of nitrogens with zero attached hydrogens (tertiary/aromatic N) is 2. The van der Waals surface area contributed by atoms with E-state index in [1.807, 2.05) is 13.0 Å². The van der Waals surface area contributed by atoms with Gasteiger partial charge in [-0.25, -0.2) is 4.98 Å². The van der Waals surface area contributed by atoms with Gasteiger partial charge < -0.3 is 11.1 Å². The highest BCUT2D eigenvalue weighted by molar-refractivity contribution is 7.16. The highest BCUT2D eigenvalue weighted by atomic mass is 32.1. The average Bonchev–Trinajstić information content (AvgIpc) is 2.32. The van der Waals surface area contributed by atoms with Crippen LogP contribution in [0.5, 0.6) is 0 Å². The van der Waals surface area contributed by atoms with Crippen molar-refractivity contribution in [3.05, 3.63) is 4.88 Å². The number of nitrogens with one attached hydrogen (secondary N) is 1. The first-order valence-electron chi connectivity index (χ1n) is 3.18. The van der Waals surface area contributed by atoms with Crippen LogP contribution in [0.2, 0.25) is 0 Å². The maximum absolute atomic E-state index is 8.51. The lowest BCUT2D eigenvalue weighted by Crippen LogP contribution is -1.95. The molecule has 0 aliphatic carbocycles. The van der Waals surface area contributed by atoms with Gasteiger partial charge in [0.25, 0.3) is 0 Å². The van der Waals surface area contributed by atoms with Gasteiger partial charge in [0.2, 0.25) is 0 Å². The molecule has 0 aliphatic heterocycles. The number of rotatable bonds is 2. The topological polar surface area (TPSA) is 74.7 Å². The molecule has 0 radical (unpaired) electrons. The SMILES string of the molecule is CCNc1nc(N)c(C#N)s1. The first kappa shape index (κ1) is 7.82. The molecular formula is C6H8N4S. The fraction of sp³-hybridized carbons (Fsp3) is 0.333. The van der Waals surface area contributed by atoms with Crippen molar-refractivity contribution in [2.24, 2.45) is 0 Å². The second-order valence-corrected chi connectivity index (χ2v) is 2.87. The van der Waals surface area contributed by atoms with Gasteiger partial charge in [0.15, 0.2) is 10.9 Å². The van der Waals surface area contributed by atoms with Crippen molar-refractivity contribution in [1.82, 2.24) is 4.98 Å². The van der Waals surface area contributed by atoms with Crippen molar-refractivity contribution < 1.29 is 0 Å². The summed E-state index contributed by atoms with van der Waals surface area (Å²) < 4.78 is 0. The molecule has 0 unspecified atom stereocenters. The molecular weight excluding hydrogens is 160 g/mol. The van der Waals surface area contributed by atoms with Crippen molar-refractivity contribution in [2.45, 2.75) is 6.92 Å². The molecule has 0 saturated carbocycles. The number of hydrogen-bond acceptors (Lipinski definition) is 5. The van der Waals surface area contributed by atoms with E-state index >= 15 is 0 Å². The second-order valence-electron chi connectivity index (χ2n) is 1.88. The maximum Gasteiger partial charge on any atom is 0.186 e. The van der Waals surface area contributed by atoms with Crippen LogP contribution < -0.4 is 11.1 Å². The van der Waals surface area contributed by atoms with Gasteiger partial charge in [-0.15, -0.1) is 0 Å². The Bertz CT molecular complexity index is 285. The number of nitrogens with two attached hydrogens (primary N) is 1. The predicted octanol–water partition coefficient (Wildman–Crippen LogP) is 1.03. The molecule has 1 rings (SSSR count). The van der Waals surface area contributed by atoms with Crippen LogP contribution in [0, 0.1) is 11.3 Å². The molecule has 0 aliphatic rings. The molecule has 3 N–H and O–H groups in total. The molecule has 5 heteroatoms. The largest absolute Gasteiger partial charge is 0.382 e. The van der Waals surface area contributed by atoms with Crippen LogP contribution >= 0.6 is 11.3 Å². The van der Waals surface area contributed by atoms with Crippen LogP contribution in [0.3, 0.4) is 0 Å².